The molecule has 176 valence electrons. The van der Waals surface area contributed by atoms with Gasteiger partial charge in [0.25, 0.3) is 0 Å². The Morgan fingerprint density at radius 3 is 2.64 bits per heavy atom. The Kier molecular flexibility index (Phi) is 5.42. The number of nitrogens with zero attached hydrogens (tertiary/aromatic N) is 5. The molecule has 0 saturated heterocycles. The lowest BCUT2D eigenvalue weighted by Gasteiger charge is -2.07. The van der Waals surface area contributed by atoms with Crippen LogP contribution in [0.3, 0.4) is 0 Å². The lowest BCUT2D eigenvalue weighted by Crippen LogP contribution is -2.10. The van der Waals surface area contributed by atoms with Crippen LogP contribution in [0.2, 0.25) is 0 Å². The summed E-state index contributed by atoms with van der Waals surface area (Å²) < 4.78 is 0. The average molecular weight is 475 g/mol. The highest BCUT2D eigenvalue weighted by Crippen LogP contribution is 2.32. The maximum atomic E-state index is 12.0. The van der Waals surface area contributed by atoms with Crippen molar-refractivity contribution in [1.29, 1.82) is 0 Å². The van der Waals surface area contributed by atoms with E-state index < -0.39 is 0 Å². The summed E-state index contributed by atoms with van der Waals surface area (Å²) in [5.41, 5.74) is 7.50. The smallest absolute Gasteiger partial charge is 0.224 e. The fourth-order valence-corrected chi connectivity index (χ4v) is 4.26. The number of rotatable bonds is 6. The van der Waals surface area contributed by atoms with E-state index in [-0.39, 0.29) is 5.91 Å². The van der Waals surface area contributed by atoms with Gasteiger partial charge in [0.05, 0.1) is 28.6 Å². The van der Waals surface area contributed by atoms with E-state index in [0.29, 0.717) is 23.6 Å². The number of aromatic nitrogens is 7. The summed E-state index contributed by atoms with van der Waals surface area (Å²) in [6.45, 7) is 1.98. The minimum absolute atomic E-state index is 0.0190. The molecule has 1 amide bonds. The summed E-state index contributed by atoms with van der Waals surface area (Å²) in [7, 11) is 0. The molecule has 9 heteroatoms. The molecule has 0 saturated carbocycles. The molecule has 1 aromatic carbocycles. The fraction of sp³-hybridized carbons (Fsp3) is 0.111. The molecule has 5 heterocycles. The maximum absolute atomic E-state index is 12.0. The fourth-order valence-electron chi connectivity index (χ4n) is 4.26. The van der Waals surface area contributed by atoms with Crippen molar-refractivity contribution in [3.05, 3.63) is 73.4 Å². The lowest BCUT2D eigenvalue weighted by atomic mass is 10.0. The highest BCUT2D eigenvalue weighted by Gasteiger charge is 2.16. The van der Waals surface area contributed by atoms with E-state index in [1.807, 2.05) is 43.3 Å². The van der Waals surface area contributed by atoms with Crippen molar-refractivity contribution in [3.63, 3.8) is 0 Å². The minimum atomic E-state index is -0.0190. The van der Waals surface area contributed by atoms with Crippen molar-refractivity contribution >= 4 is 33.5 Å². The zero-order valence-electron chi connectivity index (χ0n) is 19.5. The van der Waals surface area contributed by atoms with Crippen LogP contribution in [0.4, 0.5) is 5.69 Å². The Morgan fingerprint density at radius 2 is 1.78 bits per heavy atom. The van der Waals surface area contributed by atoms with Crippen molar-refractivity contribution in [3.8, 4) is 33.9 Å². The molecule has 0 bridgehead atoms. The highest BCUT2D eigenvalue weighted by molar-refractivity contribution is 5.98. The first-order chi connectivity index (χ1) is 17.7. The molecule has 0 unspecified atom stereocenters. The van der Waals surface area contributed by atoms with Crippen molar-refractivity contribution in [2.45, 2.75) is 19.8 Å². The van der Waals surface area contributed by atoms with Gasteiger partial charge in [0.15, 0.2) is 5.82 Å². The van der Waals surface area contributed by atoms with Crippen LogP contribution in [-0.4, -0.2) is 41.0 Å². The van der Waals surface area contributed by atoms with Gasteiger partial charge in [0.2, 0.25) is 5.91 Å². The molecule has 6 rings (SSSR count). The third kappa shape index (κ3) is 3.96. The second-order valence-corrected chi connectivity index (χ2v) is 8.47. The zero-order valence-corrected chi connectivity index (χ0v) is 19.5. The summed E-state index contributed by atoms with van der Waals surface area (Å²) in [6.07, 6.45) is 9.95. The zero-order chi connectivity index (χ0) is 24.5. The first-order valence-corrected chi connectivity index (χ1v) is 11.7. The Balaban J connectivity index is 1.40. The molecule has 6 aromatic rings. The van der Waals surface area contributed by atoms with Crippen LogP contribution >= 0.6 is 0 Å². The second-order valence-electron chi connectivity index (χ2n) is 8.47. The Morgan fingerprint density at radius 1 is 0.889 bits per heavy atom. The number of H-pyrrole nitrogens is 2. The molecule has 36 heavy (non-hydrogen) atoms. The SMILES string of the molecule is CCCC(=O)Nc1cncc(-c2ccc3[nH]nc(-c4nc5c(-c6ccncc6)nccc5[nH]4)c3c2)c1. The molecule has 3 N–H and O–H groups in total. The number of hydrogen-bond acceptors (Lipinski definition) is 6. The summed E-state index contributed by atoms with van der Waals surface area (Å²) in [5.74, 6) is 0.630. The lowest BCUT2D eigenvalue weighted by molar-refractivity contribution is -0.116. The molecule has 0 aliphatic heterocycles. The Bertz CT molecular complexity index is 1700. The normalized spacial score (nSPS) is 11.2. The van der Waals surface area contributed by atoms with Crippen molar-refractivity contribution in [2.24, 2.45) is 0 Å². The third-order valence-electron chi connectivity index (χ3n) is 5.97. The van der Waals surface area contributed by atoms with Crippen LogP contribution < -0.4 is 5.32 Å². The first-order valence-electron chi connectivity index (χ1n) is 11.7. The van der Waals surface area contributed by atoms with Crippen LogP contribution in [0.25, 0.3) is 55.8 Å². The highest BCUT2D eigenvalue weighted by atomic mass is 16.1. The summed E-state index contributed by atoms with van der Waals surface area (Å²) in [6, 6.07) is 13.7. The van der Waals surface area contributed by atoms with Gasteiger partial charge in [0.1, 0.15) is 11.2 Å². The Hall–Kier alpha value is -4.92. The van der Waals surface area contributed by atoms with E-state index in [0.717, 1.165) is 50.7 Å². The summed E-state index contributed by atoms with van der Waals surface area (Å²) in [5, 5.41) is 11.5. The summed E-state index contributed by atoms with van der Waals surface area (Å²) in [4.78, 5) is 33.3. The number of carbonyl (C=O) groups excluding carboxylic acids is 1. The minimum Gasteiger partial charge on any atom is -0.336 e. The number of benzene rings is 1. The van der Waals surface area contributed by atoms with Gasteiger partial charge < -0.3 is 10.3 Å². The number of pyridine rings is 3. The molecule has 0 fully saturated rings. The van der Waals surface area contributed by atoms with Gasteiger partial charge in [-0.1, -0.05) is 13.0 Å². The van der Waals surface area contributed by atoms with Crippen LogP contribution in [-0.2, 0) is 4.79 Å². The van der Waals surface area contributed by atoms with Crippen molar-refractivity contribution in [2.75, 3.05) is 5.32 Å². The van der Waals surface area contributed by atoms with Crippen LogP contribution in [0.5, 0.6) is 0 Å². The van der Waals surface area contributed by atoms with E-state index in [1.165, 1.54) is 0 Å². The quantitative estimate of drug-likeness (QED) is 0.298. The topological polar surface area (TPSA) is 125 Å². The number of imidazole rings is 1. The molecular formula is C27H22N8O. The van der Waals surface area contributed by atoms with E-state index in [9.17, 15) is 4.79 Å². The van der Waals surface area contributed by atoms with Gasteiger partial charge in [-0.25, -0.2) is 4.98 Å². The number of aromatic amines is 2. The van der Waals surface area contributed by atoms with Crippen LogP contribution in [0.1, 0.15) is 19.8 Å². The van der Waals surface area contributed by atoms with Gasteiger partial charge >= 0.3 is 0 Å². The molecule has 9 nitrogen and oxygen atoms in total. The number of carbonyl (C=O) groups is 1. The first kappa shape index (κ1) is 21.6. The molecule has 0 aliphatic rings. The van der Waals surface area contributed by atoms with Crippen molar-refractivity contribution in [1.82, 2.24) is 35.1 Å². The number of fused-ring (bicyclic) bond motifs is 2. The number of nitrogens with one attached hydrogen (secondary N) is 3. The van der Waals surface area contributed by atoms with Gasteiger partial charge in [-0.2, -0.15) is 5.10 Å². The molecule has 0 atom stereocenters. The van der Waals surface area contributed by atoms with E-state index in [2.05, 4.69) is 41.5 Å². The van der Waals surface area contributed by atoms with Gasteiger partial charge in [0, 0.05) is 47.7 Å². The predicted octanol–water partition coefficient (Wildman–Crippen LogP) is 5.36. The van der Waals surface area contributed by atoms with E-state index in [1.54, 1.807) is 31.0 Å². The molecule has 5 aromatic heterocycles. The van der Waals surface area contributed by atoms with Gasteiger partial charge in [-0.15, -0.1) is 0 Å². The number of amides is 1. The number of hydrogen-bond donors (Lipinski definition) is 3. The van der Waals surface area contributed by atoms with Crippen LogP contribution in [0, 0.1) is 0 Å². The molecular weight excluding hydrogens is 452 g/mol. The number of anilines is 1. The molecule has 0 spiro atoms. The maximum Gasteiger partial charge on any atom is 0.224 e. The standard InChI is InChI=1S/C27H22N8O/c1-2-3-23(36)31-19-12-18(14-29-15-19)17-4-5-21-20(13-17)25(35-34-21)27-32-22-8-11-30-24(26(22)33-27)16-6-9-28-10-7-16/h4-15H,2-3H2,1H3,(H,31,36)(H,32,33)(H,34,35). The summed E-state index contributed by atoms with van der Waals surface area (Å²) >= 11 is 0. The predicted molar refractivity (Wildman–Crippen MR) is 139 cm³/mol. The Labute approximate surface area is 206 Å². The van der Waals surface area contributed by atoms with Gasteiger partial charge in [-0.05, 0) is 48.4 Å². The molecule has 0 radical (unpaired) electrons. The third-order valence-corrected chi connectivity index (χ3v) is 5.97. The monoisotopic (exact) mass is 474 g/mol. The largest absolute Gasteiger partial charge is 0.336 e. The van der Waals surface area contributed by atoms with E-state index in [4.69, 9.17) is 4.98 Å². The van der Waals surface area contributed by atoms with Crippen molar-refractivity contribution < 1.29 is 4.79 Å². The molecule has 0 aliphatic carbocycles. The van der Waals surface area contributed by atoms with Gasteiger partial charge in [-0.3, -0.25) is 24.8 Å². The average Bonchev–Trinajstić information content (AvgIpc) is 3.53. The van der Waals surface area contributed by atoms with E-state index >= 15 is 0 Å². The second kappa shape index (κ2) is 9.03. The van der Waals surface area contributed by atoms with Crippen LogP contribution in [0.15, 0.2) is 73.4 Å².